The molecule has 1 heterocycles. The van der Waals surface area contributed by atoms with Crippen LogP contribution in [0.2, 0.25) is 4.34 Å². The second kappa shape index (κ2) is 5.19. The summed E-state index contributed by atoms with van der Waals surface area (Å²) >= 11 is 7.50. The van der Waals surface area contributed by atoms with E-state index in [0.29, 0.717) is 5.92 Å². The van der Waals surface area contributed by atoms with E-state index in [1.807, 2.05) is 19.2 Å². The zero-order chi connectivity index (χ0) is 11.5. The predicted molar refractivity (Wildman–Crippen MR) is 70.5 cm³/mol. The van der Waals surface area contributed by atoms with Gasteiger partial charge in [0, 0.05) is 17.8 Å². The largest absolute Gasteiger partial charge is 0.358 e. The van der Waals surface area contributed by atoms with Gasteiger partial charge in [-0.3, -0.25) is 5.41 Å². The highest BCUT2D eigenvalue weighted by molar-refractivity contribution is 7.16. The van der Waals surface area contributed by atoms with Crippen LogP contribution in [0.3, 0.4) is 0 Å². The Kier molecular flexibility index (Phi) is 3.87. The van der Waals surface area contributed by atoms with Gasteiger partial charge < -0.3 is 4.90 Å². The SMILES string of the molecule is CN(Cc1ccc(Cl)s1)C(=N)C1CCCC1. The van der Waals surface area contributed by atoms with E-state index in [9.17, 15) is 0 Å². The molecule has 1 aliphatic rings. The monoisotopic (exact) mass is 256 g/mol. The fraction of sp³-hybridized carbons (Fsp3) is 0.583. The molecule has 2 nitrogen and oxygen atoms in total. The predicted octanol–water partition coefficient (Wildman–Crippen LogP) is 4.00. The molecule has 16 heavy (non-hydrogen) atoms. The maximum atomic E-state index is 8.15. The number of amidine groups is 1. The molecular weight excluding hydrogens is 240 g/mol. The first kappa shape index (κ1) is 11.9. The Bertz CT molecular complexity index is 369. The molecule has 2 rings (SSSR count). The zero-order valence-corrected chi connectivity index (χ0v) is 11.1. The number of hydrogen-bond donors (Lipinski definition) is 1. The number of halogens is 1. The first-order chi connectivity index (χ1) is 7.66. The molecule has 0 spiro atoms. The molecule has 1 fully saturated rings. The quantitative estimate of drug-likeness (QED) is 0.642. The van der Waals surface area contributed by atoms with Crippen molar-refractivity contribution in [2.24, 2.45) is 5.92 Å². The van der Waals surface area contributed by atoms with Crippen LogP contribution in [0, 0.1) is 11.3 Å². The highest BCUT2D eigenvalue weighted by atomic mass is 35.5. The number of hydrogen-bond acceptors (Lipinski definition) is 2. The van der Waals surface area contributed by atoms with Gasteiger partial charge in [-0.25, -0.2) is 0 Å². The Balaban J connectivity index is 1.91. The lowest BCUT2D eigenvalue weighted by Crippen LogP contribution is -2.30. The Morgan fingerprint density at radius 3 is 2.75 bits per heavy atom. The highest BCUT2D eigenvalue weighted by Crippen LogP contribution is 2.28. The van der Waals surface area contributed by atoms with E-state index in [2.05, 4.69) is 4.90 Å². The van der Waals surface area contributed by atoms with Crippen molar-refractivity contribution in [3.05, 3.63) is 21.3 Å². The average Bonchev–Trinajstić information content (AvgIpc) is 2.88. The van der Waals surface area contributed by atoms with Gasteiger partial charge in [-0.15, -0.1) is 11.3 Å². The van der Waals surface area contributed by atoms with E-state index in [4.69, 9.17) is 17.0 Å². The minimum absolute atomic E-state index is 0.487. The minimum atomic E-state index is 0.487. The van der Waals surface area contributed by atoms with E-state index in [0.717, 1.165) is 16.7 Å². The van der Waals surface area contributed by atoms with E-state index < -0.39 is 0 Å². The first-order valence-corrected chi connectivity index (χ1v) is 6.90. The van der Waals surface area contributed by atoms with E-state index in [-0.39, 0.29) is 0 Å². The summed E-state index contributed by atoms with van der Waals surface area (Å²) in [6.07, 6.45) is 4.94. The second-order valence-corrected chi connectivity index (χ2v) is 6.23. The van der Waals surface area contributed by atoms with Crippen LogP contribution in [0.1, 0.15) is 30.6 Å². The van der Waals surface area contributed by atoms with Crippen LogP contribution >= 0.6 is 22.9 Å². The number of rotatable bonds is 3. The lowest BCUT2D eigenvalue weighted by molar-refractivity contribution is 0.459. The van der Waals surface area contributed by atoms with Gasteiger partial charge in [-0.1, -0.05) is 24.4 Å². The van der Waals surface area contributed by atoms with Gasteiger partial charge in [-0.2, -0.15) is 0 Å². The average molecular weight is 257 g/mol. The van der Waals surface area contributed by atoms with Crippen molar-refractivity contribution >= 4 is 28.8 Å². The fourth-order valence-electron chi connectivity index (χ4n) is 2.27. The normalized spacial score (nSPS) is 16.6. The smallest absolute Gasteiger partial charge is 0.0990 e. The summed E-state index contributed by atoms with van der Waals surface area (Å²) in [6, 6.07) is 3.97. The Morgan fingerprint density at radius 2 is 2.19 bits per heavy atom. The van der Waals surface area contributed by atoms with Crippen molar-refractivity contribution in [3.63, 3.8) is 0 Å². The third kappa shape index (κ3) is 2.77. The van der Waals surface area contributed by atoms with Crippen molar-refractivity contribution in [3.8, 4) is 0 Å². The summed E-state index contributed by atoms with van der Waals surface area (Å²) in [4.78, 5) is 3.29. The molecule has 0 amide bonds. The third-order valence-corrected chi connectivity index (χ3v) is 4.39. The van der Waals surface area contributed by atoms with Crippen molar-refractivity contribution in [2.45, 2.75) is 32.2 Å². The van der Waals surface area contributed by atoms with E-state index >= 15 is 0 Å². The second-order valence-electron chi connectivity index (χ2n) is 4.43. The van der Waals surface area contributed by atoms with Gasteiger partial charge in [0.05, 0.1) is 16.7 Å². The van der Waals surface area contributed by atoms with Crippen molar-refractivity contribution in [1.29, 1.82) is 5.41 Å². The van der Waals surface area contributed by atoms with Crippen LogP contribution in [0.4, 0.5) is 0 Å². The number of nitrogens with one attached hydrogen (secondary N) is 1. The molecule has 1 aliphatic carbocycles. The van der Waals surface area contributed by atoms with Crippen LogP contribution in [0.5, 0.6) is 0 Å². The topological polar surface area (TPSA) is 27.1 Å². The lowest BCUT2D eigenvalue weighted by Gasteiger charge is -2.23. The molecule has 0 aliphatic heterocycles. The molecule has 1 N–H and O–H groups in total. The van der Waals surface area contributed by atoms with Crippen LogP contribution < -0.4 is 0 Å². The van der Waals surface area contributed by atoms with Gasteiger partial charge >= 0.3 is 0 Å². The fourth-order valence-corrected chi connectivity index (χ4v) is 3.41. The van der Waals surface area contributed by atoms with Crippen molar-refractivity contribution < 1.29 is 0 Å². The summed E-state index contributed by atoms with van der Waals surface area (Å²) in [5, 5.41) is 8.15. The molecule has 0 unspecified atom stereocenters. The summed E-state index contributed by atoms with van der Waals surface area (Å²) in [7, 11) is 2.01. The maximum absolute atomic E-state index is 8.15. The Labute approximate surface area is 106 Å². The first-order valence-electron chi connectivity index (χ1n) is 5.70. The van der Waals surface area contributed by atoms with E-state index in [1.165, 1.54) is 30.6 Å². The number of nitrogens with zero attached hydrogens (tertiary/aromatic N) is 1. The molecule has 1 saturated carbocycles. The minimum Gasteiger partial charge on any atom is -0.358 e. The molecule has 0 aromatic carbocycles. The van der Waals surface area contributed by atoms with Gasteiger partial charge in [-0.05, 0) is 25.0 Å². The molecule has 1 aromatic rings. The molecule has 0 atom stereocenters. The van der Waals surface area contributed by atoms with Crippen LogP contribution in [0.15, 0.2) is 12.1 Å². The highest BCUT2D eigenvalue weighted by Gasteiger charge is 2.22. The molecule has 0 saturated heterocycles. The molecular formula is C12H17ClN2S. The summed E-state index contributed by atoms with van der Waals surface area (Å²) in [5.74, 6) is 1.28. The van der Waals surface area contributed by atoms with E-state index in [1.54, 1.807) is 11.3 Å². The standard InChI is InChI=1S/C12H17ClN2S/c1-15(8-10-6-7-11(13)16-10)12(14)9-4-2-3-5-9/h6-7,9,14H,2-5,8H2,1H3. The van der Waals surface area contributed by atoms with Crippen molar-refractivity contribution in [2.75, 3.05) is 7.05 Å². The Morgan fingerprint density at radius 1 is 1.50 bits per heavy atom. The molecule has 4 heteroatoms. The van der Waals surface area contributed by atoms with Gasteiger partial charge in [0.25, 0.3) is 0 Å². The molecule has 88 valence electrons. The van der Waals surface area contributed by atoms with Crippen LogP contribution in [-0.4, -0.2) is 17.8 Å². The maximum Gasteiger partial charge on any atom is 0.0990 e. The van der Waals surface area contributed by atoms with Crippen LogP contribution in [0.25, 0.3) is 0 Å². The Hall–Kier alpha value is -0.540. The lowest BCUT2D eigenvalue weighted by atomic mass is 10.1. The van der Waals surface area contributed by atoms with Gasteiger partial charge in [0.15, 0.2) is 0 Å². The third-order valence-electron chi connectivity index (χ3n) is 3.17. The summed E-state index contributed by atoms with van der Waals surface area (Å²) in [5.41, 5.74) is 0. The van der Waals surface area contributed by atoms with Gasteiger partial charge in [0.2, 0.25) is 0 Å². The number of thiophene rings is 1. The molecule has 0 radical (unpaired) electrons. The molecule has 0 bridgehead atoms. The zero-order valence-electron chi connectivity index (χ0n) is 9.50. The summed E-state index contributed by atoms with van der Waals surface area (Å²) in [6.45, 7) is 0.812. The van der Waals surface area contributed by atoms with Gasteiger partial charge in [0.1, 0.15) is 0 Å². The summed E-state index contributed by atoms with van der Waals surface area (Å²) < 4.78 is 0.829. The van der Waals surface area contributed by atoms with Crippen LogP contribution in [-0.2, 0) is 6.54 Å². The van der Waals surface area contributed by atoms with Crippen molar-refractivity contribution in [1.82, 2.24) is 4.90 Å². The molecule has 1 aromatic heterocycles.